The van der Waals surface area contributed by atoms with Crippen LogP contribution in [0.3, 0.4) is 0 Å². The molecule has 7 amide bonds. The van der Waals surface area contributed by atoms with Crippen molar-refractivity contribution in [1.82, 2.24) is 20.0 Å². The summed E-state index contributed by atoms with van der Waals surface area (Å²) in [5.41, 5.74) is 6.25. The van der Waals surface area contributed by atoms with Crippen LogP contribution in [-0.4, -0.2) is 107 Å². The van der Waals surface area contributed by atoms with Crippen molar-refractivity contribution in [3.05, 3.63) is 42.0 Å². The monoisotopic (exact) mass is 838 g/mol. The van der Waals surface area contributed by atoms with Crippen LogP contribution < -0.4 is 16.4 Å². The van der Waals surface area contributed by atoms with Crippen LogP contribution in [0.2, 0.25) is 0 Å². The van der Waals surface area contributed by atoms with Crippen LogP contribution in [0, 0.1) is 29.6 Å². The molecule has 0 radical (unpaired) electrons. The van der Waals surface area contributed by atoms with Gasteiger partial charge in [0, 0.05) is 76.1 Å². The Morgan fingerprint density at radius 3 is 1.85 bits per heavy atom. The van der Waals surface area contributed by atoms with E-state index in [-0.39, 0.29) is 98.2 Å². The number of hydrogen-bond donors (Lipinski definition) is 3. The molecule has 0 spiro atoms. The van der Waals surface area contributed by atoms with E-state index in [2.05, 4.69) is 10.6 Å². The van der Waals surface area contributed by atoms with Crippen molar-refractivity contribution in [2.75, 3.05) is 32.5 Å². The van der Waals surface area contributed by atoms with Crippen LogP contribution in [0.25, 0.3) is 0 Å². The lowest BCUT2D eigenvalue weighted by atomic mass is 9.84. The highest BCUT2D eigenvalue weighted by atomic mass is 16.6. The molecule has 1 heterocycles. The average molecular weight is 839 g/mol. The van der Waals surface area contributed by atoms with Crippen molar-refractivity contribution < 1.29 is 47.9 Å². The second kappa shape index (κ2) is 24.6. The number of ketones is 3. The predicted molar refractivity (Wildman–Crippen MR) is 226 cm³/mol. The molecule has 0 fully saturated rings. The Morgan fingerprint density at radius 2 is 1.32 bits per heavy atom. The van der Waals surface area contributed by atoms with Gasteiger partial charge in [0.15, 0.2) is 11.6 Å². The van der Waals surface area contributed by atoms with Crippen LogP contribution >= 0.6 is 0 Å². The van der Waals surface area contributed by atoms with Crippen LogP contribution in [0.15, 0.2) is 36.4 Å². The van der Waals surface area contributed by atoms with E-state index in [0.717, 1.165) is 4.90 Å². The van der Waals surface area contributed by atoms with E-state index in [1.807, 2.05) is 41.5 Å². The maximum absolute atomic E-state index is 13.8. The summed E-state index contributed by atoms with van der Waals surface area (Å²) in [5.74, 6) is -3.67. The molecule has 16 heteroatoms. The number of benzene rings is 1. The maximum atomic E-state index is 13.8. The van der Waals surface area contributed by atoms with Gasteiger partial charge in [0.05, 0.1) is 12.1 Å². The van der Waals surface area contributed by atoms with E-state index in [1.165, 1.54) is 35.9 Å². The number of nitrogens with zero attached hydrogens (tertiary/aromatic N) is 3. The van der Waals surface area contributed by atoms with Crippen LogP contribution in [0.1, 0.15) is 105 Å². The Bertz CT molecular complexity index is 1710. The van der Waals surface area contributed by atoms with Crippen molar-refractivity contribution in [2.24, 2.45) is 35.3 Å². The molecular weight excluding hydrogens is 773 g/mol. The number of ether oxygens (including phenoxy) is 1. The number of hydrogen-bond acceptors (Lipinski definition) is 10. The van der Waals surface area contributed by atoms with Gasteiger partial charge in [-0.2, -0.15) is 0 Å². The maximum Gasteiger partial charge on any atom is 0.410 e. The Morgan fingerprint density at radius 1 is 0.750 bits per heavy atom. The lowest BCUT2D eigenvalue weighted by Gasteiger charge is -2.31. The fourth-order valence-corrected chi connectivity index (χ4v) is 7.50. The predicted octanol–water partition coefficient (Wildman–Crippen LogP) is 5.03. The third-order valence-electron chi connectivity index (χ3n) is 10.8. The van der Waals surface area contributed by atoms with Crippen LogP contribution in [0.4, 0.5) is 15.3 Å². The molecule has 1 aliphatic heterocycles. The highest BCUT2D eigenvalue weighted by molar-refractivity contribution is 6.12. The van der Waals surface area contributed by atoms with Gasteiger partial charge in [-0.1, -0.05) is 60.1 Å². The molecule has 4 atom stereocenters. The highest BCUT2D eigenvalue weighted by Gasteiger charge is 2.35. The molecule has 2 rings (SSSR count). The van der Waals surface area contributed by atoms with E-state index in [1.54, 1.807) is 31.3 Å². The quantitative estimate of drug-likeness (QED) is 0.0834. The summed E-state index contributed by atoms with van der Waals surface area (Å²) in [6, 6.07) is 4.32. The van der Waals surface area contributed by atoms with Crippen molar-refractivity contribution >= 4 is 58.8 Å². The number of nitrogens with two attached hydrogens (primary N) is 1. The standard InChI is InChI=1S/C44H66N6O10/c1-27(2)34(30(7)51)25-36(53)41(29(5)6)49(9)44(59)60-26-31-16-18-33(19-17-31)47-42(57)32(14-13-22-46-43(45)58)24-35(52)40(28(3)4)48(8)37(54)15-11-10-12-23-50-38(55)20-21-39(50)56/h16-21,27-29,32,34,40-41H,10-15,22-26H2,1-9H3,(H,47,57)(H3,45,46,58)/t32-,34+,40+,41+/m1/s1. The molecule has 0 saturated carbocycles. The number of likely N-dealkylation sites (N-methyl/N-ethyl adjacent to an activating group) is 2. The zero-order valence-corrected chi connectivity index (χ0v) is 36.8. The summed E-state index contributed by atoms with van der Waals surface area (Å²) in [5, 5.41) is 5.35. The lowest BCUT2D eigenvalue weighted by Crippen LogP contribution is -2.47. The Hall–Kier alpha value is -5.41. The summed E-state index contributed by atoms with van der Waals surface area (Å²) >= 11 is 0. The summed E-state index contributed by atoms with van der Waals surface area (Å²) in [4.78, 5) is 118. The van der Waals surface area contributed by atoms with Crippen LogP contribution in [-0.2, 0) is 44.9 Å². The van der Waals surface area contributed by atoms with Crippen molar-refractivity contribution in [3.63, 3.8) is 0 Å². The minimum atomic E-state index is -0.804. The van der Waals surface area contributed by atoms with E-state index in [0.29, 0.717) is 36.9 Å². The fourth-order valence-electron chi connectivity index (χ4n) is 7.50. The van der Waals surface area contributed by atoms with Gasteiger partial charge >= 0.3 is 12.1 Å². The number of nitrogens with one attached hydrogen (secondary N) is 2. The molecule has 0 aromatic heterocycles. The fraction of sp³-hybridized carbons (Fsp3) is 0.614. The molecule has 1 aromatic carbocycles. The largest absolute Gasteiger partial charge is 0.445 e. The zero-order valence-electron chi connectivity index (χ0n) is 36.8. The van der Waals surface area contributed by atoms with E-state index >= 15 is 0 Å². The summed E-state index contributed by atoms with van der Waals surface area (Å²) in [6.45, 7) is 12.9. The van der Waals surface area contributed by atoms with Gasteiger partial charge in [0.2, 0.25) is 11.8 Å². The minimum Gasteiger partial charge on any atom is -0.445 e. The van der Waals surface area contributed by atoms with Gasteiger partial charge in [-0.05, 0) is 68.1 Å². The highest BCUT2D eigenvalue weighted by Crippen LogP contribution is 2.24. The number of unbranched alkanes of at least 4 members (excludes halogenated alkanes) is 2. The van der Waals surface area contributed by atoms with Crippen molar-refractivity contribution in [1.29, 1.82) is 0 Å². The number of rotatable bonds is 26. The normalized spacial score (nSPS) is 14.5. The molecule has 60 heavy (non-hydrogen) atoms. The topological polar surface area (TPSA) is 223 Å². The Kier molecular flexibility index (Phi) is 20.8. The second-order valence-corrected chi connectivity index (χ2v) is 16.6. The molecule has 1 aromatic rings. The number of amides is 7. The van der Waals surface area contributed by atoms with E-state index in [4.69, 9.17) is 10.5 Å². The summed E-state index contributed by atoms with van der Waals surface area (Å²) in [6.07, 6.45) is 4.06. The SMILES string of the molecule is CC(=O)[C@@H](CC(=O)[C@H](C(C)C)N(C)C(=O)OCc1ccc(NC(=O)[C@H](CCCNC(N)=O)CC(=O)[C@H](C(C)C)N(C)C(=O)CCCCCN2C(=O)C=CC2=O)cc1)C(C)C. The molecular formula is C44H66N6O10. The molecule has 0 unspecified atom stereocenters. The smallest absolute Gasteiger partial charge is 0.410 e. The number of Topliss-reactive ketones (excluding diaryl/α,β-unsaturated/α-hetero) is 3. The number of carbonyl (C=O) groups is 9. The molecule has 0 bridgehead atoms. The number of primary amides is 1. The van der Waals surface area contributed by atoms with Gasteiger partial charge in [0.25, 0.3) is 11.8 Å². The molecule has 1 aliphatic rings. The molecule has 16 nitrogen and oxygen atoms in total. The first kappa shape index (κ1) is 50.7. The van der Waals surface area contributed by atoms with E-state index < -0.39 is 42.0 Å². The number of anilines is 1. The molecule has 0 aliphatic carbocycles. The third kappa shape index (κ3) is 16.0. The van der Waals surface area contributed by atoms with Gasteiger partial charge in [-0.3, -0.25) is 38.5 Å². The molecule has 0 saturated heterocycles. The number of imide groups is 1. The first-order chi connectivity index (χ1) is 28.2. The Balaban J connectivity index is 2.05. The molecule has 332 valence electrons. The number of urea groups is 1. The lowest BCUT2D eigenvalue weighted by molar-refractivity contribution is -0.140. The zero-order chi connectivity index (χ0) is 45.3. The minimum absolute atomic E-state index is 0.0213. The van der Waals surface area contributed by atoms with Gasteiger partial charge < -0.3 is 30.9 Å². The average Bonchev–Trinajstić information content (AvgIpc) is 3.49. The summed E-state index contributed by atoms with van der Waals surface area (Å²) in [7, 11) is 3.07. The van der Waals surface area contributed by atoms with Gasteiger partial charge in [-0.25, -0.2) is 9.59 Å². The first-order valence-corrected chi connectivity index (χ1v) is 20.8. The molecule has 4 N–H and O–H groups in total. The number of carbonyl (C=O) groups excluding carboxylic acids is 9. The van der Waals surface area contributed by atoms with Crippen molar-refractivity contribution in [3.8, 4) is 0 Å². The van der Waals surface area contributed by atoms with Gasteiger partial charge in [0.1, 0.15) is 12.4 Å². The summed E-state index contributed by atoms with van der Waals surface area (Å²) < 4.78 is 5.53. The Labute approximate surface area is 354 Å². The first-order valence-electron chi connectivity index (χ1n) is 20.8. The van der Waals surface area contributed by atoms with Crippen LogP contribution in [0.5, 0.6) is 0 Å². The van der Waals surface area contributed by atoms with Gasteiger partial charge in [-0.15, -0.1) is 0 Å². The van der Waals surface area contributed by atoms with E-state index in [9.17, 15) is 43.2 Å². The third-order valence-corrected chi connectivity index (χ3v) is 10.8. The van der Waals surface area contributed by atoms with Crippen molar-refractivity contribution in [2.45, 2.75) is 119 Å². The second-order valence-electron chi connectivity index (χ2n) is 16.6.